The van der Waals surface area contributed by atoms with Crippen molar-refractivity contribution in [2.75, 3.05) is 25.6 Å². The maximum Gasteiger partial charge on any atom is 0.0564 e. The number of hydrogen-bond acceptors (Lipinski definition) is 5. The Morgan fingerprint density at radius 2 is 2.21 bits per heavy atom. The van der Waals surface area contributed by atoms with Crippen LogP contribution >= 0.6 is 0 Å². The molecule has 2 atom stereocenters. The number of aromatic nitrogens is 1. The number of anilines is 1. The van der Waals surface area contributed by atoms with E-state index in [2.05, 4.69) is 27.3 Å². The first-order valence-corrected chi connectivity index (χ1v) is 7.12. The summed E-state index contributed by atoms with van der Waals surface area (Å²) in [6, 6.07) is 5.44. The molecule has 3 rings (SSSR count). The van der Waals surface area contributed by atoms with E-state index in [1.807, 2.05) is 18.3 Å². The van der Waals surface area contributed by atoms with Crippen molar-refractivity contribution < 1.29 is 0 Å². The summed E-state index contributed by atoms with van der Waals surface area (Å²) in [5.74, 6) is 5.45. The molecule has 5 heteroatoms. The minimum Gasteiger partial charge on any atom is -0.324 e. The predicted molar refractivity (Wildman–Crippen MR) is 76.5 cm³/mol. The smallest absolute Gasteiger partial charge is 0.0564 e. The minimum absolute atomic E-state index is 0.725. The molecule has 3 N–H and O–H groups in total. The fraction of sp³-hybridized carbons (Fsp3) is 0.643. The number of pyridine rings is 1. The van der Waals surface area contributed by atoms with Gasteiger partial charge < -0.3 is 5.43 Å². The van der Waals surface area contributed by atoms with E-state index in [1.165, 1.54) is 25.8 Å². The van der Waals surface area contributed by atoms with Gasteiger partial charge in [-0.2, -0.15) is 0 Å². The van der Waals surface area contributed by atoms with Crippen molar-refractivity contribution in [1.82, 2.24) is 14.8 Å². The fourth-order valence-corrected chi connectivity index (χ4v) is 3.41. The maximum absolute atomic E-state index is 5.45. The van der Waals surface area contributed by atoms with E-state index in [4.69, 9.17) is 5.84 Å². The van der Waals surface area contributed by atoms with Crippen molar-refractivity contribution in [3.8, 4) is 0 Å². The van der Waals surface area contributed by atoms with Crippen LogP contribution in [0.5, 0.6) is 0 Å². The molecule has 2 unspecified atom stereocenters. The Bertz CT molecular complexity index is 436. The average Bonchev–Trinajstić information content (AvgIpc) is 2.67. The van der Waals surface area contributed by atoms with Crippen molar-refractivity contribution in [3.63, 3.8) is 0 Å². The van der Waals surface area contributed by atoms with Crippen molar-refractivity contribution in [2.45, 2.75) is 37.9 Å². The molecule has 2 bridgehead atoms. The highest BCUT2D eigenvalue weighted by Gasteiger charge is 2.34. The Hall–Kier alpha value is -1.17. The standard InChI is InChI=1S/C14H23N5/c1-18-13-2-3-14(18)10-19(7-5-13)9-12-8-11(17-15)4-6-16-12/h4,6,8,13-14H,2-3,5,7,9-10,15H2,1H3,(H,16,17). The lowest BCUT2D eigenvalue weighted by Crippen LogP contribution is -2.36. The van der Waals surface area contributed by atoms with Gasteiger partial charge in [-0.25, -0.2) is 0 Å². The van der Waals surface area contributed by atoms with Gasteiger partial charge in [0.1, 0.15) is 0 Å². The topological polar surface area (TPSA) is 57.4 Å². The SMILES string of the molecule is CN1C2CCC1CN(Cc1cc(NN)ccn1)CC2. The van der Waals surface area contributed by atoms with Crippen LogP contribution in [0.3, 0.4) is 0 Å². The summed E-state index contributed by atoms with van der Waals surface area (Å²) in [7, 11) is 2.28. The molecule has 0 aliphatic carbocycles. The Balaban J connectivity index is 1.66. The lowest BCUT2D eigenvalue weighted by molar-refractivity contribution is 0.213. The van der Waals surface area contributed by atoms with Crippen LogP contribution in [0.2, 0.25) is 0 Å². The zero-order valence-electron chi connectivity index (χ0n) is 11.5. The van der Waals surface area contributed by atoms with E-state index in [0.29, 0.717) is 0 Å². The van der Waals surface area contributed by atoms with Crippen molar-refractivity contribution in [3.05, 3.63) is 24.0 Å². The molecule has 0 saturated carbocycles. The highest BCUT2D eigenvalue weighted by atomic mass is 15.3. The van der Waals surface area contributed by atoms with Gasteiger partial charge in [-0.05, 0) is 38.4 Å². The van der Waals surface area contributed by atoms with Gasteiger partial charge in [0, 0.05) is 37.9 Å². The van der Waals surface area contributed by atoms with Gasteiger partial charge in [0.15, 0.2) is 0 Å². The highest BCUT2D eigenvalue weighted by Crippen LogP contribution is 2.28. The number of nitrogens with one attached hydrogen (secondary N) is 1. The zero-order chi connectivity index (χ0) is 13.2. The van der Waals surface area contributed by atoms with Crippen molar-refractivity contribution >= 4 is 5.69 Å². The number of fused-ring (bicyclic) bond motifs is 2. The summed E-state index contributed by atoms with van der Waals surface area (Å²) in [6.45, 7) is 3.26. The van der Waals surface area contributed by atoms with Crippen LogP contribution in [0.15, 0.2) is 18.3 Å². The number of nitrogen functional groups attached to an aromatic ring is 1. The van der Waals surface area contributed by atoms with Crippen LogP contribution in [-0.4, -0.2) is 47.0 Å². The third kappa shape index (κ3) is 2.73. The molecular weight excluding hydrogens is 238 g/mol. The van der Waals surface area contributed by atoms with E-state index in [9.17, 15) is 0 Å². The van der Waals surface area contributed by atoms with Gasteiger partial charge >= 0.3 is 0 Å². The molecule has 0 spiro atoms. The fourth-order valence-electron chi connectivity index (χ4n) is 3.41. The van der Waals surface area contributed by atoms with Crippen LogP contribution in [0.1, 0.15) is 25.0 Å². The highest BCUT2D eigenvalue weighted by molar-refractivity contribution is 5.41. The van der Waals surface area contributed by atoms with Crippen LogP contribution in [0.25, 0.3) is 0 Å². The van der Waals surface area contributed by atoms with E-state index in [-0.39, 0.29) is 0 Å². The molecular formula is C14H23N5. The van der Waals surface area contributed by atoms with Crippen LogP contribution in [0, 0.1) is 0 Å². The summed E-state index contributed by atoms with van der Waals surface area (Å²) >= 11 is 0. The largest absolute Gasteiger partial charge is 0.324 e. The third-order valence-corrected chi connectivity index (χ3v) is 4.60. The summed E-state index contributed by atoms with van der Waals surface area (Å²) in [5, 5.41) is 0. The number of hydrogen-bond donors (Lipinski definition) is 2. The van der Waals surface area contributed by atoms with E-state index in [0.717, 1.165) is 36.6 Å². The number of hydrazine groups is 1. The number of nitrogens with zero attached hydrogens (tertiary/aromatic N) is 3. The van der Waals surface area contributed by atoms with Gasteiger partial charge in [0.05, 0.1) is 11.4 Å². The minimum atomic E-state index is 0.725. The molecule has 5 nitrogen and oxygen atoms in total. The molecule has 0 amide bonds. The molecule has 1 aromatic heterocycles. The van der Waals surface area contributed by atoms with Crippen LogP contribution in [0.4, 0.5) is 5.69 Å². The molecule has 2 fully saturated rings. The van der Waals surface area contributed by atoms with Crippen molar-refractivity contribution in [1.29, 1.82) is 0 Å². The second kappa shape index (κ2) is 5.45. The van der Waals surface area contributed by atoms with E-state index < -0.39 is 0 Å². The Morgan fingerprint density at radius 3 is 3.05 bits per heavy atom. The third-order valence-electron chi connectivity index (χ3n) is 4.60. The molecule has 2 saturated heterocycles. The number of likely N-dealkylation sites (tertiary alicyclic amines) is 1. The van der Waals surface area contributed by atoms with Gasteiger partial charge in [0.2, 0.25) is 0 Å². The molecule has 3 heterocycles. The van der Waals surface area contributed by atoms with Gasteiger partial charge in [-0.1, -0.05) is 0 Å². The molecule has 2 aliphatic heterocycles. The molecule has 1 aromatic rings. The van der Waals surface area contributed by atoms with Gasteiger partial charge in [-0.15, -0.1) is 0 Å². The second-order valence-corrected chi connectivity index (χ2v) is 5.75. The van der Waals surface area contributed by atoms with Crippen molar-refractivity contribution in [2.24, 2.45) is 5.84 Å². The lowest BCUT2D eigenvalue weighted by atomic mass is 10.1. The van der Waals surface area contributed by atoms with Gasteiger partial charge in [-0.3, -0.25) is 20.6 Å². The van der Waals surface area contributed by atoms with Gasteiger partial charge in [0.25, 0.3) is 0 Å². The lowest BCUT2D eigenvalue weighted by Gasteiger charge is -2.25. The summed E-state index contributed by atoms with van der Waals surface area (Å²) in [5.41, 5.74) is 4.71. The number of likely N-dealkylation sites (N-methyl/N-ethyl adjacent to an activating group) is 1. The number of nitrogens with two attached hydrogens (primary N) is 1. The van der Waals surface area contributed by atoms with Crippen LogP contribution in [-0.2, 0) is 6.54 Å². The summed E-state index contributed by atoms with van der Waals surface area (Å²) < 4.78 is 0. The first-order valence-electron chi connectivity index (χ1n) is 7.12. The quantitative estimate of drug-likeness (QED) is 0.629. The van der Waals surface area contributed by atoms with E-state index >= 15 is 0 Å². The summed E-state index contributed by atoms with van der Waals surface area (Å²) in [4.78, 5) is 9.55. The number of rotatable bonds is 3. The van der Waals surface area contributed by atoms with Crippen LogP contribution < -0.4 is 11.3 Å². The summed E-state index contributed by atoms with van der Waals surface area (Å²) in [6.07, 6.45) is 5.82. The Morgan fingerprint density at radius 1 is 1.37 bits per heavy atom. The average molecular weight is 261 g/mol. The molecule has 0 aromatic carbocycles. The zero-order valence-corrected chi connectivity index (χ0v) is 11.5. The molecule has 2 aliphatic rings. The Labute approximate surface area is 114 Å². The molecule has 104 valence electrons. The predicted octanol–water partition coefficient (Wildman–Crippen LogP) is 1.04. The second-order valence-electron chi connectivity index (χ2n) is 5.75. The monoisotopic (exact) mass is 261 g/mol. The molecule has 0 radical (unpaired) electrons. The Kier molecular flexibility index (Phi) is 3.68. The first kappa shape index (κ1) is 12.8. The normalized spacial score (nSPS) is 28.3. The maximum atomic E-state index is 5.45. The molecule has 19 heavy (non-hydrogen) atoms. The van der Waals surface area contributed by atoms with E-state index in [1.54, 1.807) is 0 Å². The first-order chi connectivity index (χ1) is 9.26.